The largest absolute Gasteiger partial charge is 0.359 e. The Morgan fingerprint density at radius 1 is 1.38 bits per heavy atom. The van der Waals surface area contributed by atoms with Gasteiger partial charge in [-0.25, -0.2) is 0 Å². The van der Waals surface area contributed by atoms with E-state index in [2.05, 4.69) is 5.32 Å². The third-order valence-corrected chi connectivity index (χ3v) is 2.55. The van der Waals surface area contributed by atoms with Gasteiger partial charge >= 0.3 is 0 Å². The van der Waals surface area contributed by atoms with E-state index in [0.29, 0.717) is 6.42 Å². The van der Waals surface area contributed by atoms with Gasteiger partial charge in [0.25, 0.3) is 0 Å². The fraction of sp³-hybridized carbons (Fsp3) is 0.300. The van der Waals surface area contributed by atoms with Crippen LogP contribution in [0.25, 0.3) is 0 Å². The van der Waals surface area contributed by atoms with E-state index in [1.165, 1.54) is 4.90 Å². The van der Waals surface area contributed by atoms with E-state index in [-0.39, 0.29) is 5.91 Å². The first-order valence-electron chi connectivity index (χ1n) is 4.09. The summed E-state index contributed by atoms with van der Waals surface area (Å²) in [5.74, 6) is 0.0527. The van der Waals surface area contributed by atoms with Gasteiger partial charge in [0.05, 0.1) is 6.42 Å². The fourth-order valence-corrected chi connectivity index (χ4v) is 1.43. The molecule has 0 aliphatic heterocycles. The lowest BCUT2D eigenvalue weighted by molar-refractivity contribution is -0.119. The van der Waals surface area contributed by atoms with E-state index < -0.39 is 0 Å². The Kier molecular flexibility index (Phi) is 3.83. The van der Waals surface area contributed by atoms with Crippen LogP contribution in [0.5, 0.6) is 0 Å². The smallest absolute Gasteiger partial charge is 0.224 e. The van der Waals surface area contributed by atoms with Crippen molar-refractivity contribution in [1.29, 1.82) is 0 Å². The molecule has 0 atom stereocenters. The molecule has 70 valence electrons. The predicted octanol–water partition coefficient (Wildman–Crippen LogP) is 1.70. The molecule has 3 heteroatoms. The lowest BCUT2D eigenvalue weighted by Gasteiger charge is -2.01. The van der Waals surface area contributed by atoms with Gasteiger partial charge in [0.15, 0.2) is 0 Å². The molecule has 0 saturated carbocycles. The zero-order valence-corrected chi connectivity index (χ0v) is 8.65. The molecule has 1 amide bonds. The van der Waals surface area contributed by atoms with Crippen LogP contribution in [0, 0.1) is 0 Å². The van der Waals surface area contributed by atoms with Crippen molar-refractivity contribution in [3.63, 3.8) is 0 Å². The molecule has 0 spiro atoms. The van der Waals surface area contributed by atoms with E-state index in [1.54, 1.807) is 18.8 Å². The Morgan fingerprint density at radius 2 is 2.00 bits per heavy atom. The van der Waals surface area contributed by atoms with Crippen LogP contribution in [0.4, 0.5) is 0 Å². The van der Waals surface area contributed by atoms with Gasteiger partial charge in [-0.15, -0.1) is 11.8 Å². The average Bonchev–Trinajstić information content (AvgIpc) is 2.19. The lowest BCUT2D eigenvalue weighted by Crippen LogP contribution is -2.19. The van der Waals surface area contributed by atoms with Crippen molar-refractivity contribution in [3.05, 3.63) is 29.8 Å². The predicted molar refractivity (Wildman–Crippen MR) is 56.0 cm³/mol. The van der Waals surface area contributed by atoms with Gasteiger partial charge in [-0.3, -0.25) is 4.79 Å². The summed E-state index contributed by atoms with van der Waals surface area (Å²) in [6.07, 6.45) is 2.50. The van der Waals surface area contributed by atoms with E-state index >= 15 is 0 Å². The first kappa shape index (κ1) is 10.1. The minimum absolute atomic E-state index is 0.0527. The summed E-state index contributed by atoms with van der Waals surface area (Å²) in [7, 11) is 1.65. The number of benzene rings is 1. The average molecular weight is 195 g/mol. The van der Waals surface area contributed by atoms with Crippen LogP contribution in [0.2, 0.25) is 0 Å². The van der Waals surface area contributed by atoms with Crippen molar-refractivity contribution >= 4 is 17.7 Å². The first-order chi connectivity index (χ1) is 6.26. The molecule has 2 nitrogen and oxygen atoms in total. The highest BCUT2D eigenvalue weighted by Crippen LogP contribution is 2.14. The highest BCUT2D eigenvalue weighted by atomic mass is 32.2. The van der Waals surface area contributed by atoms with Crippen molar-refractivity contribution < 1.29 is 4.79 Å². The molecule has 0 heterocycles. The van der Waals surface area contributed by atoms with Crippen molar-refractivity contribution in [2.24, 2.45) is 0 Å². The molecule has 0 unspecified atom stereocenters. The first-order valence-corrected chi connectivity index (χ1v) is 5.32. The molecule has 1 rings (SSSR count). The molecule has 1 N–H and O–H groups in total. The number of carbonyl (C=O) groups is 1. The van der Waals surface area contributed by atoms with Gasteiger partial charge in [-0.1, -0.05) is 12.1 Å². The monoisotopic (exact) mass is 195 g/mol. The van der Waals surface area contributed by atoms with Crippen LogP contribution >= 0.6 is 11.8 Å². The molecule has 0 fully saturated rings. The summed E-state index contributed by atoms with van der Waals surface area (Å²) in [4.78, 5) is 12.2. The highest BCUT2D eigenvalue weighted by molar-refractivity contribution is 7.98. The number of thioether (sulfide) groups is 1. The standard InChI is InChI=1S/C10H13NOS/c1-11-10(12)7-8-3-5-9(13-2)6-4-8/h3-6H,7H2,1-2H3,(H,11,12). The number of nitrogens with one attached hydrogen (secondary N) is 1. The Labute approximate surface area is 82.7 Å². The molecular weight excluding hydrogens is 182 g/mol. The molecule has 1 aromatic rings. The summed E-state index contributed by atoms with van der Waals surface area (Å²) < 4.78 is 0. The maximum atomic E-state index is 11.0. The molecular formula is C10H13NOS. The van der Waals surface area contributed by atoms with E-state index in [4.69, 9.17) is 0 Å². The van der Waals surface area contributed by atoms with Crippen LogP contribution in [-0.4, -0.2) is 19.2 Å². The molecule has 0 saturated heterocycles. The van der Waals surface area contributed by atoms with Crippen LogP contribution < -0.4 is 5.32 Å². The fourth-order valence-electron chi connectivity index (χ4n) is 1.02. The van der Waals surface area contributed by atoms with Crippen molar-refractivity contribution in [3.8, 4) is 0 Å². The molecule has 0 aliphatic rings. The van der Waals surface area contributed by atoms with Crippen LogP contribution in [-0.2, 0) is 11.2 Å². The normalized spacial score (nSPS) is 9.69. The summed E-state index contributed by atoms with van der Waals surface area (Å²) in [5, 5.41) is 2.60. The van der Waals surface area contributed by atoms with E-state index in [9.17, 15) is 4.79 Å². The summed E-state index contributed by atoms with van der Waals surface area (Å²) in [6.45, 7) is 0. The van der Waals surface area contributed by atoms with Gasteiger partial charge < -0.3 is 5.32 Å². The number of hydrogen-bond donors (Lipinski definition) is 1. The van der Waals surface area contributed by atoms with Crippen LogP contribution in [0.15, 0.2) is 29.2 Å². The van der Waals surface area contributed by atoms with Crippen LogP contribution in [0.1, 0.15) is 5.56 Å². The van der Waals surface area contributed by atoms with Gasteiger partial charge in [0, 0.05) is 11.9 Å². The minimum atomic E-state index is 0.0527. The molecule has 0 bridgehead atoms. The van der Waals surface area contributed by atoms with Gasteiger partial charge in [-0.2, -0.15) is 0 Å². The number of likely N-dealkylation sites (N-methyl/N-ethyl adjacent to an activating group) is 1. The maximum Gasteiger partial charge on any atom is 0.224 e. The number of hydrogen-bond acceptors (Lipinski definition) is 2. The van der Waals surface area contributed by atoms with Crippen molar-refractivity contribution in [2.75, 3.05) is 13.3 Å². The zero-order valence-electron chi connectivity index (χ0n) is 7.83. The Bertz CT molecular complexity index is 281. The summed E-state index contributed by atoms with van der Waals surface area (Å²) in [5.41, 5.74) is 1.05. The Hall–Kier alpha value is -0.960. The molecule has 0 radical (unpaired) electrons. The van der Waals surface area contributed by atoms with Gasteiger partial charge in [0.1, 0.15) is 0 Å². The lowest BCUT2D eigenvalue weighted by atomic mass is 10.1. The minimum Gasteiger partial charge on any atom is -0.359 e. The Morgan fingerprint density at radius 3 is 2.46 bits per heavy atom. The summed E-state index contributed by atoms with van der Waals surface area (Å²) >= 11 is 1.70. The second-order valence-corrected chi connectivity index (χ2v) is 3.58. The summed E-state index contributed by atoms with van der Waals surface area (Å²) in [6, 6.07) is 8.04. The van der Waals surface area contributed by atoms with E-state index in [1.807, 2.05) is 30.5 Å². The number of rotatable bonds is 3. The molecule has 13 heavy (non-hydrogen) atoms. The third-order valence-electron chi connectivity index (χ3n) is 1.80. The molecule has 0 aromatic heterocycles. The second kappa shape index (κ2) is 4.92. The Balaban J connectivity index is 2.64. The van der Waals surface area contributed by atoms with Crippen LogP contribution in [0.3, 0.4) is 0 Å². The highest BCUT2D eigenvalue weighted by Gasteiger charge is 1.99. The molecule has 1 aromatic carbocycles. The number of amides is 1. The SMILES string of the molecule is CNC(=O)Cc1ccc(SC)cc1. The van der Waals surface area contributed by atoms with Gasteiger partial charge in [0.2, 0.25) is 5.91 Å². The van der Waals surface area contributed by atoms with Crippen molar-refractivity contribution in [2.45, 2.75) is 11.3 Å². The molecule has 0 aliphatic carbocycles. The second-order valence-electron chi connectivity index (χ2n) is 2.70. The quantitative estimate of drug-likeness (QED) is 0.744. The maximum absolute atomic E-state index is 11.0. The number of carbonyl (C=O) groups excluding carboxylic acids is 1. The van der Waals surface area contributed by atoms with E-state index in [0.717, 1.165) is 5.56 Å². The van der Waals surface area contributed by atoms with Crippen molar-refractivity contribution in [1.82, 2.24) is 5.32 Å². The third kappa shape index (κ3) is 3.11. The zero-order chi connectivity index (χ0) is 9.68. The topological polar surface area (TPSA) is 29.1 Å². The van der Waals surface area contributed by atoms with Gasteiger partial charge in [-0.05, 0) is 24.0 Å².